The fraction of sp³-hybridized carbons (Fsp3) is 0.200. The first-order valence-electron chi connectivity index (χ1n) is 10.1. The molecule has 0 bridgehead atoms. The fourth-order valence-corrected chi connectivity index (χ4v) is 3.58. The lowest BCUT2D eigenvalue weighted by Crippen LogP contribution is -2.36. The van der Waals surface area contributed by atoms with Crippen LogP contribution in [-0.4, -0.2) is 46.1 Å². The molecule has 0 fully saturated rings. The van der Waals surface area contributed by atoms with E-state index in [0.29, 0.717) is 13.1 Å². The number of hydrogen-bond acceptors (Lipinski definition) is 3. The molecule has 0 aliphatic heterocycles. The Morgan fingerprint density at radius 3 is 2.40 bits per heavy atom. The Labute approximate surface area is 177 Å². The van der Waals surface area contributed by atoms with E-state index in [0.717, 1.165) is 17.8 Å². The highest BCUT2D eigenvalue weighted by Crippen LogP contribution is 2.16. The normalized spacial score (nSPS) is 11.2. The topological polar surface area (TPSA) is 41.4 Å². The van der Waals surface area contributed by atoms with Gasteiger partial charge in [0.15, 0.2) is 0 Å². The summed E-state index contributed by atoms with van der Waals surface area (Å²) in [4.78, 5) is 16.5. The van der Waals surface area contributed by atoms with Gasteiger partial charge >= 0.3 is 0 Å². The fourth-order valence-electron chi connectivity index (χ4n) is 3.58. The molecule has 0 aliphatic rings. The molecule has 1 heterocycles. The number of rotatable bonds is 7. The number of nitrogens with zero attached hydrogens (tertiary/aromatic N) is 4. The van der Waals surface area contributed by atoms with Crippen LogP contribution in [0.1, 0.15) is 11.1 Å². The maximum absolute atomic E-state index is 12.7. The van der Waals surface area contributed by atoms with Gasteiger partial charge in [-0.25, -0.2) is 4.68 Å². The van der Waals surface area contributed by atoms with Crippen molar-refractivity contribution in [1.82, 2.24) is 19.6 Å². The SMILES string of the molecule is CN(CC(=O)N(C)Cc1cnn(-c2ccccc2)c1)Cc1ccc2ccccc2c1. The molecule has 0 unspecified atom stereocenters. The second kappa shape index (κ2) is 8.93. The number of fused-ring (bicyclic) bond motifs is 1. The summed E-state index contributed by atoms with van der Waals surface area (Å²) in [6, 6.07) is 24.7. The van der Waals surface area contributed by atoms with Gasteiger partial charge in [0.2, 0.25) is 5.91 Å². The summed E-state index contributed by atoms with van der Waals surface area (Å²) < 4.78 is 1.83. The quantitative estimate of drug-likeness (QED) is 0.470. The Balaban J connectivity index is 1.33. The summed E-state index contributed by atoms with van der Waals surface area (Å²) in [5, 5.41) is 6.87. The van der Waals surface area contributed by atoms with Gasteiger partial charge in [0.25, 0.3) is 0 Å². The summed E-state index contributed by atoms with van der Waals surface area (Å²) in [6.07, 6.45) is 3.79. The number of aromatic nitrogens is 2. The van der Waals surface area contributed by atoms with Crippen LogP contribution < -0.4 is 0 Å². The van der Waals surface area contributed by atoms with E-state index in [1.807, 2.05) is 73.6 Å². The first-order valence-corrected chi connectivity index (χ1v) is 10.1. The van der Waals surface area contributed by atoms with Crippen LogP contribution in [0.25, 0.3) is 16.5 Å². The highest BCUT2D eigenvalue weighted by atomic mass is 16.2. The minimum atomic E-state index is 0.0887. The first kappa shape index (κ1) is 19.9. The molecule has 0 aliphatic carbocycles. The molecule has 3 aromatic carbocycles. The van der Waals surface area contributed by atoms with Crippen molar-refractivity contribution in [3.63, 3.8) is 0 Å². The van der Waals surface area contributed by atoms with Crippen LogP contribution in [0.5, 0.6) is 0 Å². The van der Waals surface area contributed by atoms with E-state index >= 15 is 0 Å². The van der Waals surface area contributed by atoms with Gasteiger partial charge < -0.3 is 4.90 Å². The van der Waals surface area contributed by atoms with Crippen LogP contribution in [0.4, 0.5) is 0 Å². The van der Waals surface area contributed by atoms with Gasteiger partial charge in [-0.3, -0.25) is 9.69 Å². The van der Waals surface area contributed by atoms with Gasteiger partial charge in [0, 0.05) is 31.9 Å². The van der Waals surface area contributed by atoms with Crippen molar-refractivity contribution < 1.29 is 4.79 Å². The van der Waals surface area contributed by atoms with Crippen molar-refractivity contribution in [3.05, 3.63) is 96.3 Å². The lowest BCUT2D eigenvalue weighted by Gasteiger charge is -2.21. The van der Waals surface area contributed by atoms with Crippen molar-refractivity contribution >= 4 is 16.7 Å². The standard InChI is InChI=1S/C25H26N4O/c1-27(16-20-12-13-22-8-6-7-9-23(22)14-20)19-25(30)28(2)17-21-15-26-29(18-21)24-10-4-3-5-11-24/h3-15,18H,16-17,19H2,1-2H3. The summed E-state index contributed by atoms with van der Waals surface area (Å²) in [5.74, 6) is 0.0887. The second-order valence-corrected chi connectivity index (χ2v) is 7.73. The monoisotopic (exact) mass is 398 g/mol. The lowest BCUT2D eigenvalue weighted by atomic mass is 10.1. The Hall–Kier alpha value is -3.44. The predicted octanol–water partition coefficient (Wildman–Crippen LogP) is 4.12. The minimum Gasteiger partial charge on any atom is -0.340 e. The van der Waals surface area contributed by atoms with Crippen molar-refractivity contribution in [2.45, 2.75) is 13.1 Å². The van der Waals surface area contributed by atoms with Crippen molar-refractivity contribution in [1.29, 1.82) is 0 Å². The van der Waals surface area contributed by atoms with Gasteiger partial charge in [-0.15, -0.1) is 0 Å². The van der Waals surface area contributed by atoms with E-state index in [2.05, 4.69) is 40.3 Å². The molecular formula is C25H26N4O. The third kappa shape index (κ3) is 4.75. The van der Waals surface area contributed by atoms with Crippen molar-refractivity contribution in [2.75, 3.05) is 20.6 Å². The van der Waals surface area contributed by atoms with E-state index in [1.54, 1.807) is 4.90 Å². The van der Waals surface area contributed by atoms with E-state index < -0.39 is 0 Å². The number of para-hydroxylation sites is 1. The van der Waals surface area contributed by atoms with Gasteiger partial charge in [0.05, 0.1) is 18.4 Å². The number of hydrogen-bond donors (Lipinski definition) is 0. The largest absolute Gasteiger partial charge is 0.340 e. The average Bonchev–Trinajstić information content (AvgIpc) is 3.22. The van der Waals surface area contributed by atoms with Gasteiger partial charge in [0.1, 0.15) is 0 Å². The first-order chi connectivity index (χ1) is 14.6. The van der Waals surface area contributed by atoms with Crippen LogP contribution >= 0.6 is 0 Å². The Morgan fingerprint density at radius 2 is 1.60 bits per heavy atom. The Bertz CT molecular complexity index is 1140. The van der Waals surface area contributed by atoms with Gasteiger partial charge in [-0.2, -0.15) is 5.10 Å². The number of amides is 1. The molecule has 1 amide bonds. The molecule has 30 heavy (non-hydrogen) atoms. The van der Waals surface area contributed by atoms with Crippen molar-refractivity contribution in [3.8, 4) is 5.69 Å². The number of carbonyl (C=O) groups is 1. The van der Waals surface area contributed by atoms with Crippen molar-refractivity contribution in [2.24, 2.45) is 0 Å². The van der Waals surface area contributed by atoms with Crippen LogP contribution in [0.2, 0.25) is 0 Å². The number of benzene rings is 3. The molecule has 5 heteroatoms. The Kier molecular flexibility index (Phi) is 5.91. The van der Waals surface area contributed by atoms with Crippen LogP contribution in [0, 0.1) is 0 Å². The summed E-state index contributed by atoms with van der Waals surface area (Å²) >= 11 is 0. The molecule has 0 spiro atoms. The van der Waals surface area contributed by atoms with Gasteiger partial charge in [-0.1, -0.05) is 54.6 Å². The summed E-state index contributed by atoms with van der Waals surface area (Å²) in [5.41, 5.74) is 3.22. The molecular weight excluding hydrogens is 372 g/mol. The zero-order chi connectivity index (χ0) is 20.9. The molecule has 4 rings (SSSR count). The molecule has 1 aromatic heterocycles. The third-order valence-electron chi connectivity index (χ3n) is 5.17. The van der Waals surface area contributed by atoms with Crippen LogP contribution in [-0.2, 0) is 17.9 Å². The third-order valence-corrected chi connectivity index (χ3v) is 5.17. The molecule has 0 saturated heterocycles. The predicted molar refractivity (Wildman–Crippen MR) is 120 cm³/mol. The molecule has 4 aromatic rings. The molecule has 0 N–H and O–H groups in total. The molecule has 0 saturated carbocycles. The number of likely N-dealkylation sites (N-methyl/N-ethyl adjacent to an activating group) is 2. The molecule has 5 nitrogen and oxygen atoms in total. The maximum Gasteiger partial charge on any atom is 0.236 e. The zero-order valence-corrected chi connectivity index (χ0v) is 17.4. The summed E-state index contributed by atoms with van der Waals surface area (Å²) in [6.45, 7) is 1.64. The van der Waals surface area contributed by atoms with E-state index in [4.69, 9.17) is 0 Å². The lowest BCUT2D eigenvalue weighted by molar-refractivity contribution is -0.131. The molecule has 0 radical (unpaired) electrons. The van der Waals surface area contributed by atoms with Crippen LogP contribution in [0.15, 0.2) is 85.2 Å². The Morgan fingerprint density at radius 1 is 0.867 bits per heavy atom. The second-order valence-electron chi connectivity index (χ2n) is 7.73. The summed E-state index contributed by atoms with van der Waals surface area (Å²) in [7, 11) is 3.82. The number of carbonyl (C=O) groups excluding carboxylic acids is 1. The highest BCUT2D eigenvalue weighted by molar-refractivity contribution is 5.83. The zero-order valence-electron chi connectivity index (χ0n) is 17.4. The maximum atomic E-state index is 12.7. The smallest absolute Gasteiger partial charge is 0.236 e. The molecule has 0 atom stereocenters. The molecule has 152 valence electrons. The average molecular weight is 399 g/mol. The van der Waals surface area contributed by atoms with E-state index in [1.165, 1.54) is 16.3 Å². The van der Waals surface area contributed by atoms with Crippen LogP contribution in [0.3, 0.4) is 0 Å². The van der Waals surface area contributed by atoms with E-state index in [-0.39, 0.29) is 5.91 Å². The minimum absolute atomic E-state index is 0.0887. The van der Waals surface area contributed by atoms with Gasteiger partial charge in [-0.05, 0) is 41.6 Å². The van der Waals surface area contributed by atoms with E-state index in [9.17, 15) is 4.79 Å². The highest BCUT2D eigenvalue weighted by Gasteiger charge is 2.14.